The number of rotatable bonds is 15. The summed E-state index contributed by atoms with van der Waals surface area (Å²) in [4.78, 5) is 0. The second-order valence-corrected chi connectivity index (χ2v) is 30.8. The van der Waals surface area contributed by atoms with Crippen LogP contribution in [0.4, 0.5) is 0 Å². The average molecular weight is 829 g/mol. The minimum Gasteiger partial charge on any atom is -0.126 e. The Morgan fingerprint density at radius 2 is 0.800 bits per heavy atom. The molecule has 0 fully saturated rings. The van der Waals surface area contributed by atoms with Gasteiger partial charge >= 0.3 is 0 Å². The van der Waals surface area contributed by atoms with Crippen LogP contribution >= 0.6 is 0 Å². The van der Waals surface area contributed by atoms with Crippen molar-refractivity contribution in [3.63, 3.8) is 0 Å². The maximum Gasteiger partial charge on any atom is 0.146 e. The fourth-order valence-electron chi connectivity index (χ4n) is 10.8. The third-order valence-electron chi connectivity index (χ3n) is 15.0. The summed E-state index contributed by atoms with van der Waals surface area (Å²) in [6.07, 6.45) is 12.4. The number of hydrogen-bond donors (Lipinski definition) is 0. The summed E-state index contributed by atoms with van der Waals surface area (Å²) >= 11 is 0. The molecule has 0 aliphatic rings. The maximum atomic E-state index is 4.19. The SMILES string of the molecule is CCCCCCc1cccc2c1ccc1c3cc(C#C[Si](C(C)C)(C(C)C)C(C)C)c4c5cccc(CCCCCC)c5ccc4c3cc(C#C[Si](C)(C(C)C)C(C)C)c21. The first kappa shape index (κ1) is 45.7. The van der Waals surface area contributed by atoms with E-state index in [0.717, 1.165) is 12.8 Å². The van der Waals surface area contributed by atoms with E-state index in [1.54, 1.807) is 0 Å². The Bertz CT molecular complexity index is 2560. The molecule has 0 N–H and O–H groups in total. The van der Waals surface area contributed by atoms with Gasteiger partial charge in [-0.15, -0.1) is 11.1 Å². The molecular formula is C58H76Si2. The Kier molecular flexibility index (Phi) is 14.8. The Labute approximate surface area is 367 Å². The standard InChI is InChI=1S/C58H76Si2/c1-14-16-18-20-24-45-26-22-28-51-49(45)30-32-53-56-39-48(35-37-60(42(7)8,43(9)10)44(11)12)58-52-29-23-27-46(25-21-19-17-15-2)50(52)31-33-54(58)55(56)38-47(57(51)53)34-36-59(13,40(3)4)41(5)6/h22-23,26-33,38-44H,14-21,24-25H2,1-13H3. The van der Waals surface area contributed by atoms with Crippen molar-refractivity contribution in [2.45, 2.75) is 182 Å². The Morgan fingerprint density at radius 1 is 0.417 bits per heavy atom. The average Bonchev–Trinajstić information content (AvgIpc) is 3.22. The lowest BCUT2D eigenvalue weighted by atomic mass is 9.86. The van der Waals surface area contributed by atoms with Gasteiger partial charge in [-0.1, -0.05) is 201 Å². The van der Waals surface area contributed by atoms with E-state index < -0.39 is 16.1 Å². The predicted octanol–water partition coefficient (Wildman–Crippen LogP) is 18.1. The van der Waals surface area contributed by atoms with Crippen LogP contribution in [0.3, 0.4) is 0 Å². The first-order chi connectivity index (χ1) is 28.7. The Hall–Kier alpha value is -3.83. The molecule has 6 aromatic carbocycles. The molecule has 6 rings (SSSR count). The van der Waals surface area contributed by atoms with Crippen LogP contribution in [0, 0.1) is 22.9 Å². The van der Waals surface area contributed by atoms with E-state index in [1.165, 1.54) is 127 Å². The molecule has 0 atom stereocenters. The molecule has 0 unspecified atom stereocenters. The second-order valence-electron chi connectivity index (χ2n) is 20.1. The molecule has 0 spiro atoms. The third-order valence-corrected chi connectivity index (χ3v) is 26.8. The largest absolute Gasteiger partial charge is 0.146 e. The molecule has 0 nitrogen and oxygen atoms in total. The fourth-order valence-corrected chi connectivity index (χ4v) is 18.3. The van der Waals surface area contributed by atoms with Crippen LogP contribution in [-0.2, 0) is 12.8 Å². The van der Waals surface area contributed by atoms with Gasteiger partial charge in [-0.3, -0.25) is 0 Å². The van der Waals surface area contributed by atoms with Gasteiger partial charge in [0.1, 0.15) is 16.1 Å². The lowest BCUT2D eigenvalue weighted by molar-refractivity contribution is 0.668. The van der Waals surface area contributed by atoms with Crippen LogP contribution in [0.15, 0.2) is 72.8 Å². The zero-order chi connectivity index (χ0) is 43.4. The number of aryl methyl sites for hydroxylation is 2. The van der Waals surface area contributed by atoms with Crippen molar-refractivity contribution in [1.29, 1.82) is 0 Å². The molecule has 0 saturated carbocycles. The summed E-state index contributed by atoms with van der Waals surface area (Å²) in [5.74, 6) is 8.04. The second kappa shape index (κ2) is 19.5. The molecule has 0 aliphatic heterocycles. The summed E-state index contributed by atoms with van der Waals surface area (Å²) in [5, 5.41) is 13.3. The highest BCUT2D eigenvalue weighted by molar-refractivity contribution is 6.90. The van der Waals surface area contributed by atoms with Crippen LogP contribution in [-0.4, -0.2) is 16.1 Å². The third kappa shape index (κ3) is 8.77. The smallest absolute Gasteiger partial charge is 0.126 e. The van der Waals surface area contributed by atoms with Gasteiger partial charge in [0.25, 0.3) is 0 Å². The van der Waals surface area contributed by atoms with Crippen LogP contribution in [0.2, 0.25) is 34.3 Å². The predicted molar refractivity (Wildman–Crippen MR) is 276 cm³/mol. The minimum absolute atomic E-state index is 0.568. The van der Waals surface area contributed by atoms with E-state index in [2.05, 4.69) is 185 Å². The highest BCUT2D eigenvalue weighted by Gasteiger charge is 2.42. The van der Waals surface area contributed by atoms with Crippen molar-refractivity contribution in [2.24, 2.45) is 0 Å². The molecule has 0 aliphatic carbocycles. The molecule has 0 radical (unpaired) electrons. The van der Waals surface area contributed by atoms with Crippen LogP contribution in [0.5, 0.6) is 0 Å². The number of benzene rings is 6. The van der Waals surface area contributed by atoms with Gasteiger partial charge in [0.05, 0.1) is 0 Å². The molecule has 0 saturated heterocycles. The van der Waals surface area contributed by atoms with Crippen molar-refractivity contribution in [3.05, 3.63) is 95.1 Å². The molecule has 0 bridgehead atoms. The first-order valence-corrected chi connectivity index (χ1v) is 28.9. The lowest BCUT2D eigenvalue weighted by Gasteiger charge is -2.38. The zero-order valence-corrected chi connectivity index (χ0v) is 41.9. The number of fused-ring (bicyclic) bond motifs is 9. The van der Waals surface area contributed by atoms with Gasteiger partial charge < -0.3 is 0 Å². The summed E-state index contributed by atoms with van der Waals surface area (Å²) in [6.45, 7) is 31.3. The molecule has 60 heavy (non-hydrogen) atoms. The Balaban J connectivity index is 1.77. The van der Waals surface area contributed by atoms with Gasteiger partial charge in [0.15, 0.2) is 0 Å². The molecule has 6 aromatic rings. The molecule has 316 valence electrons. The normalized spacial score (nSPS) is 12.6. The monoisotopic (exact) mass is 829 g/mol. The highest BCUT2D eigenvalue weighted by atomic mass is 28.3. The molecule has 0 amide bonds. The zero-order valence-electron chi connectivity index (χ0n) is 39.9. The van der Waals surface area contributed by atoms with E-state index >= 15 is 0 Å². The van der Waals surface area contributed by atoms with E-state index in [4.69, 9.17) is 0 Å². The van der Waals surface area contributed by atoms with Crippen molar-refractivity contribution >= 4 is 70.0 Å². The summed E-state index contributed by atoms with van der Waals surface area (Å²) in [7, 11) is -3.91. The van der Waals surface area contributed by atoms with Gasteiger partial charge in [0, 0.05) is 21.9 Å². The van der Waals surface area contributed by atoms with Crippen molar-refractivity contribution < 1.29 is 0 Å². The summed E-state index contributed by atoms with van der Waals surface area (Å²) < 4.78 is 0. The van der Waals surface area contributed by atoms with Gasteiger partial charge in [0.2, 0.25) is 0 Å². The van der Waals surface area contributed by atoms with Crippen molar-refractivity contribution in [1.82, 2.24) is 0 Å². The maximum absolute atomic E-state index is 4.19. The van der Waals surface area contributed by atoms with E-state index in [1.807, 2.05) is 0 Å². The van der Waals surface area contributed by atoms with Crippen LogP contribution < -0.4 is 0 Å². The quantitative estimate of drug-likeness (QED) is 0.0419. The van der Waals surface area contributed by atoms with E-state index in [0.29, 0.717) is 27.7 Å². The molecule has 0 heterocycles. The van der Waals surface area contributed by atoms with E-state index in [-0.39, 0.29) is 0 Å². The number of unbranched alkanes of at least 4 members (excludes halogenated alkanes) is 6. The fraction of sp³-hybridized carbons (Fsp3) is 0.483. The van der Waals surface area contributed by atoms with Crippen molar-refractivity contribution in [3.8, 4) is 22.9 Å². The minimum atomic E-state index is -2.01. The first-order valence-electron chi connectivity index (χ1n) is 24.1. The topological polar surface area (TPSA) is 0 Å². The molecule has 2 heteroatoms. The number of hydrogen-bond acceptors (Lipinski definition) is 0. The van der Waals surface area contributed by atoms with Gasteiger partial charge in [-0.05, 0) is 120 Å². The van der Waals surface area contributed by atoms with Gasteiger partial charge in [-0.2, -0.15) is 0 Å². The highest BCUT2D eigenvalue weighted by Crippen LogP contribution is 2.44. The summed E-state index contributed by atoms with van der Waals surface area (Å²) in [6, 6.07) is 28.8. The molecular weight excluding hydrogens is 753 g/mol. The lowest BCUT2D eigenvalue weighted by Crippen LogP contribution is -2.43. The molecule has 0 aromatic heterocycles. The van der Waals surface area contributed by atoms with Crippen molar-refractivity contribution in [2.75, 3.05) is 0 Å². The Morgan fingerprint density at radius 3 is 1.18 bits per heavy atom. The van der Waals surface area contributed by atoms with Crippen LogP contribution in [0.25, 0.3) is 53.9 Å². The van der Waals surface area contributed by atoms with E-state index in [9.17, 15) is 0 Å². The summed E-state index contributed by atoms with van der Waals surface area (Å²) in [5.41, 5.74) is 16.4. The van der Waals surface area contributed by atoms with Gasteiger partial charge in [-0.25, -0.2) is 0 Å². The van der Waals surface area contributed by atoms with Crippen LogP contribution in [0.1, 0.15) is 157 Å².